The minimum absolute atomic E-state index is 0.253. The third-order valence-corrected chi connectivity index (χ3v) is 3.80. The Morgan fingerprint density at radius 2 is 2.06 bits per heavy atom. The fourth-order valence-electron chi connectivity index (χ4n) is 2.78. The van der Waals surface area contributed by atoms with Crippen LogP contribution in [-0.2, 0) is 0 Å². The van der Waals surface area contributed by atoms with Crippen molar-refractivity contribution in [2.75, 3.05) is 39.8 Å². The van der Waals surface area contributed by atoms with Gasteiger partial charge in [-0.3, -0.25) is 4.90 Å². The zero-order valence-electron chi connectivity index (χ0n) is 13.1. The summed E-state index contributed by atoms with van der Waals surface area (Å²) in [5.41, 5.74) is 0.253. The van der Waals surface area contributed by atoms with E-state index in [1.165, 1.54) is 45.4 Å². The molecule has 1 aliphatic rings. The second-order valence-electron chi connectivity index (χ2n) is 6.72. The van der Waals surface area contributed by atoms with Crippen LogP contribution in [0.2, 0.25) is 0 Å². The number of rotatable bonds is 7. The molecule has 0 aromatic rings. The van der Waals surface area contributed by atoms with Crippen LogP contribution in [0.15, 0.2) is 0 Å². The fourth-order valence-corrected chi connectivity index (χ4v) is 2.78. The van der Waals surface area contributed by atoms with E-state index in [-0.39, 0.29) is 5.54 Å². The van der Waals surface area contributed by atoms with Gasteiger partial charge in [-0.15, -0.1) is 0 Å². The highest BCUT2D eigenvalue weighted by molar-refractivity contribution is 4.80. The fraction of sp³-hybridized carbons (Fsp3) is 1.00. The number of likely N-dealkylation sites (N-methyl/N-ethyl adjacent to an activating group) is 2. The molecule has 0 aliphatic carbocycles. The maximum atomic E-state index is 3.55. The van der Waals surface area contributed by atoms with Crippen molar-refractivity contribution < 1.29 is 0 Å². The van der Waals surface area contributed by atoms with E-state index in [2.05, 4.69) is 49.9 Å². The van der Waals surface area contributed by atoms with Gasteiger partial charge in [0, 0.05) is 18.1 Å². The molecule has 0 saturated carbocycles. The van der Waals surface area contributed by atoms with Gasteiger partial charge in [-0.1, -0.05) is 6.92 Å². The molecule has 0 radical (unpaired) electrons. The first-order valence-electron chi connectivity index (χ1n) is 7.60. The van der Waals surface area contributed by atoms with Gasteiger partial charge in [0.15, 0.2) is 0 Å². The Kier molecular flexibility index (Phi) is 6.61. The van der Waals surface area contributed by atoms with Crippen LogP contribution in [0.3, 0.4) is 0 Å². The Bertz CT molecular complexity index is 222. The first-order valence-corrected chi connectivity index (χ1v) is 7.60. The molecule has 0 aromatic heterocycles. The van der Waals surface area contributed by atoms with Gasteiger partial charge in [0.05, 0.1) is 0 Å². The molecule has 1 atom stereocenters. The lowest BCUT2D eigenvalue weighted by molar-refractivity contribution is 0.196. The number of hydrogen-bond acceptors (Lipinski definition) is 3. The predicted molar refractivity (Wildman–Crippen MR) is 80.1 cm³/mol. The van der Waals surface area contributed by atoms with Gasteiger partial charge in [-0.05, 0) is 73.3 Å². The van der Waals surface area contributed by atoms with Crippen molar-refractivity contribution in [2.24, 2.45) is 0 Å². The zero-order valence-corrected chi connectivity index (χ0v) is 13.1. The Hall–Kier alpha value is -0.120. The van der Waals surface area contributed by atoms with Crippen molar-refractivity contribution in [3.05, 3.63) is 0 Å². The van der Waals surface area contributed by atoms with Crippen LogP contribution in [-0.4, -0.2) is 61.2 Å². The van der Waals surface area contributed by atoms with Crippen LogP contribution >= 0.6 is 0 Å². The smallest absolute Gasteiger partial charge is 0.0223 e. The highest BCUT2D eigenvalue weighted by Gasteiger charge is 2.23. The topological polar surface area (TPSA) is 18.5 Å². The van der Waals surface area contributed by atoms with Gasteiger partial charge >= 0.3 is 0 Å². The van der Waals surface area contributed by atoms with Crippen molar-refractivity contribution >= 4 is 0 Å². The summed E-state index contributed by atoms with van der Waals surface area (Å²) in [5, 5.41) is 3.55. The van der Waals surface area contributed by atoms with Gasteiger partial charge in [0.25, 0.3) is 0 Å². The van der Waals surface area contributed by atoms with E-state index < -0.39 is 0 Å². The van der Waals surface area contributed by atoms with Crippen LogP contribution in [0.4, 0.5) is 0 Å². The van der Waals surface area contributed by atoms with Gasteiger partial charge in [0.1, 0.15) is 0 Å². The third-order valence-electron chi connectivity index (χ3n) is 3.80. The zero-order chi connectivity index (χ0) is 13.6. The quantitative estimate of drug-likeness (QED) is 0.704. The van der Waals surface area contributed by atoms with Crippen molar-refractivity contribution in [3.63, 3.8) is 0 Å². The highest BCUT2D eigenvalue weighted by Crippen LogP contribution is 2.17. The molecule has 3 nitrogen and oxygen atoms in total. The first kappa shape index (κ1) is 15.9. The monoisotopic (exact) mass is 255 g/mol. The summed E-state index contributed by atoms with van der Waals surface area (Å²) < 4.78 is 0. The predicted octanol–water partition coefficient (Wildman–Crippen LogP) is 2.18. The lowest BCUT2D eigenvalue weighted by atomic mass is 10.1. The summed E-state index contributed by atoms with van der Waals surface area (Å²) >= 11 is 0. The van der Waals surface area contributed by atoms with Crippen LogP contribution in [0.1, 0.15) is 47.0 Å². The molecule has 1 N–H and O–H groups in total. The van der Waals surface area contributed by atoms with Gasteiger partial charge in [-0.2, -0.15) is 0 Å². The average molecular weight is 255 g/mol. The molecule has 1 fully saturated rings. The van der Waals surface area contributed by atoms with E-state index in [4.69, 9.17) is 0 Å². The average Bonchev–Trinajstić information content (AvgIpc) is 2.70. The molecule has 18 heavy (non-hydrogen) atoms. The molecule has 1 unspecified atom stereocenters. The van der Waals surface area contributed by atoms with E-state index in [9.17, 15) is 0 Å². The molecule has 1 saturated heterocycles. The third kappa shape index (κ3) is 6.17. The van der Waals surface area contributed by atoms with Crippen molar-refractivity contribution in [1.29, 1.82) is 0 Å². The Balaban J connectivity index is 2.12. The summed E-state index contributed by atoms with van der Waals surface area (Å²) in [6.45, 7) is 15.1. The van der Waals surface area contributed by atoms with Crippen LogP contribution in [0.5, 0.6) is 0 Å². The molecule has 0 spiro atoms. The Morgan fingerprint density at radius 1 is 1.33 bits per heavy atom. The van der Waals surface area contributed by atoms with Gasteiger partial charge in [-0.25, -0.2) is 0 Å². The summed E-state index contributed by atoms with van der Waals surface area (Å²) in [5.74, 6) is 0. The first-order chi connectivity index (χ1) is 8.42. The molecule has 1 heterocycles. The summed E-state index contributed by atoms with van der Waals surface area (Å²) in [6.07, 6.45) is 4.02. The molecular formula is C15H33N3. The molecule has 108 valence electrons. The van der Waals surface area contributed by atoms with Crippen LogP contribution in [0.25, 0.3) is 0 Å². The molecule has 0 aromatic carbocycles. The van der Waals surface area contributed by atoms with Crippen molar-refractivity contribution in [2.45, 2.75) is 58.5 Å². The second kappa shape index (κ2) is 7.46. The normalized spacial score (nSPS) is 22.0. The molecule has 1 rings (SSSR count). The number of likely N-dealkylation sites (tertiary alicyclic amines) is 1. The number of hydrogen-bond donors (Lipinski definition) is 1. The maximum Gasteiger partial charge on any atom is 0.0223 e. The minimum Gasteiger partial charge on any atom is -0.312 e. The van der Waals surface area contributed by atoms with E-state index >= 15 is 0 Å². The number of nitrogens with one attached hydrogen (secondary N) is 1. The van der Waals surface area contributed by atoms with Crippen molar-refractivity contribution in [1.82, 2.24) is 15.1 Å². The SMILES string of the molecule is CCN1CCCC1CN(C)CCCNC(C)(C)C. The molecular weight excluding hydrogens is 222 g/mol. The minimum atomic E-state index is 0.253. The number of nitrogens with zero attached hydrogens (tertiary/aromatic N) is 2. The lowest BCUT2D eigenvalue weighted by Crippen LogP contribution is -2.40. The lowest BCUT2D eigenvalue weighted by Gasteiger charge is -2.28. The summed E-state index contributed by atoms with van der Waals surface area (Å²) in [6, 6.07) is 0.801. The Labute approximate surface area is 114 Å². The Morgan fingerprint density at radius 3 is 2.67 bits per heavy atom. The van der Waals surface area contributed by atoms with Gasteiger partial charge in [0.2, 0.25) is 0 Å². The van der Waals surface area contributed by atoms with Gasteiger partial charge < -0.3 is 10.2 Å². The maximum absolute atomic E-state index is 3.55. The van der Waals surface area contributed by atoms with Crippen LogP contribution in [0, 0.1) is 0 Å². The van der Waals surface area contributed by atoms with E-state index in [0.717, 1.165) is 12.6 Å². The molecule has 1 aliphatic heterocycles. The van der Waals surface area contributed by atoms with Crippen molar-refractivity contribution in [3.8, 4) is 0 Å². The van der Waals surface area contributed by atoms with E-state index in [1.807, 2.05) is 0 Å². The van der Waals surface area contributed by atoms with E-state index in [1.54, 1.807) is 0 Å². The summed E-state index contributed by atoms with van der Waals surface area (Å²) in [4.78, 5) is 5.13. The molecule has 3 heteroatoms. The van der Waals surface area contributed by atoms with E-state index in [0.29, 0.717) is 0 Å². The molecule has 0 amide bonds. The largest absolute Gasteiger partial charge is 0.312 e. The molecule has 0 bridgehead atoms. The highest BCUT2D eigenvalue weighted by atomic mass is 15.2. The standard InChI is InChI=1S/C15H33N3/c1-6-18-12-7-9-14(18)13-17(5)11-8-10-16-15(2,3)4/h14,16H,6-13H2,1-5H3. The van der Waals surface area contributed by atoms with Crippen LogP contribution < -0.4 is 5.32 Å². The second-order valence-corrected chi connectivity index (χ2v) is 6.72. The summed E-state index contributed by atoms with van der Waals surface area (Å²) in [7, 11) is 2.27.